The van der Waals surface area contributed by atoms with Crippen LogP contribution >= 0.6 is 0 Å². The number of hydrogen-bond acceptors (Lipinski definition) is 6. The highest BCUT2D eigenvalue weighted by Gasteiger charge is 2.07. The van der Waals surface area contributed by atoms with E-state index in [0.29, 0.717) is 22.9 Å². The van der Waals surface area contributed by atoms with Gasteiger partial charge in [0.2, 0.25) is 0 Å². The average molecular weight is 347 g/mol. The van der Waals surface area contributed by atoms with Gasteiger partial charge in [0, 0.05) is 11.8 Å². The van der Waals surface area contributed by atoms with Gasteiger partial charge in [-0.3, -0.25) is 4.79 Å². The molecule has 0 atom stereocenters. The zero-order valence-electron chi connectivity index (χ0n) is 13.4. The van der Waals surface area contributed by atoms with Gasteiger partial charge in [0.25, 0.3) is 5.91 Å². The topological polar surface area (TPSA) is 114 Å². The fraction of sp³-hybridized carbons (Fsp3) is 0.176. The summed E-state index contributed by atoms with van der Waals surface area (Å²) >= 11 is 0. The molecular weight excluding hydrogens is 330 g/mol. The molecule has 8 nitrogen and oxygen atoms in total. The van der Waals surface area contributed by atoms with Gasteiger partial charge in [-0.15, -0.1) is 0 Å². The number of aliphatic carboxylic acids is 1. The quantitative estimate of drug-likeness (QED) is 0.668. The molecule has 0 heterocycles. The van der Waals surface area contributed by atoms with Gasteiger partial charge < -0.3 is 29.7 Å². The summed E-state index contributed by atoms with van der Waals surface area (Å²) in [6.45, 7) is -0.683. The Morgan fingerprint density at radius 1 is 1.00 bits per heavy atom. The summed E-state index contributed by atoms with van der Waals surface area (Å²) in [7, 11) is 1.43. The van der Waals surface area contributed by atoms with Gasteiger partial charge in [-0.2, -0.15) is 0 Å². The number of carboxylic acid groups (broad SMARTS) is 1. The Labute approximate surface area is 143 Å². The number of rotatable bonds is 8. The van der Waals surface area contributed by atoms with Crippen LogP contribution in [0.25, 0.3) is 0 Å². The normalized spacial score (nSPS) is 9.96. The molecule has 0 aliphatic carbocycles. The number of aromatic hydroxyl groups is 1. The van der Waals surface area contributed by atoms with Crippen LogP contribution in [-0.4, -0.2) is 42.4 Å². The second-order valence-corrected chi connectivity index (χ2v) is 4.88. The Balaban J connectivity index is 1.83. The van der Waals surface area contributed by atoms with E-state index >= 15 is 0 Å². The van der Waals surface area contributed by atoms with Crippen molar-refractivity contribution < 1.29 is 34.0 Å². The molecule has 0 fully saturated rings. The summed E-state index contributed by atoms with van der Waals surface area (Å²) in [4.78, 5) is 22.3. The smallest absolute Gasteiger partial charge is 0.341 e. The van der Waals surface area contributed by atoms with Gasteiger partial charge in [0.15, 0.2) is 24.7 Å². The zero-order chi connectivity index (χ0) is 18.2. The molecule has 0 unspecified atom stereocenters. The molecule has 0 radical (unpaired) electrons. The molecule has 2 aromatic rings. The van der Waals surface area contributed by atoms with Crippen molar-refractivity contribution in [1.82, 2.24) is 0 Å². The van der Waals surface area contributed by atoms with Crippen LogP contribution < -0.4 is 19.5 Å². The maximum absolute atomic E-state index is 11.9. The van der Waals surface area contributed by atoms with Crippen molar-refractivity contribution in [3.8, 4) is 23.0 Å². The average Bonchev–Trinajstić information content (AvgIpc) is 2.59. The van der Waals surface area contributed by atoms with Gasteiger partial charge in [-0.1, -0.05) is 0 Å². The largest absolute Gasteiger partial charge is 0.504 e. The molecule has 0 saturated heterocycles. The Morgan fingerprint density at radius 3 is 2.24 bits per heavy atom. The maximum atomic E-state index is 11.9. The number of nitrogens with one attached hydrogen (secondary N) is 1. The molecule has 3 N–H and O–H groups in total. The molecule has 2 rings (SSSR count). The molecule has 0 bridgehead atoms. The monoisotopic (exact) mass is 347 g/mol. The zero-order valence-corrected chi connectivity index (χ0v) is 13.4. The molecule has 132 valence electrons. The first-order valence-electron chi connectivity index (χ1n) is 7.22. The first kappa shape index (κ1) is 17.9. The Bertz CT molecular complexity index is 743. The highest BCUT2D eigenvalue weighted by Crippen LogP contribution is 2.29. The van der Waals surface area contributed by atoms with E-state index in [1.54, 1.807) is 30.3 Å². The first-order chi connectivity index (χ1) is 12.0. The lowest BCUT2D eigenvalue weighted by Crippen LogP contribution is -2.20. The summed E-state index contributed by atoms with van der Waals surface area (Å²) in [5.41, 5.74) is 0.508. The fourth-order valence-corrected chi connectivity index (χ4v) is 1.89. The van der Waals surface area contributed by atoms with Crippen molar-refractivity contribution in [3.63, 3.8) is 0 Å². The van der Waals surface area contributed by atoms with Crippen molar-refractivity contribution in [2.75, 3.05) is 25.6 Å². The number of methoxy groups -OCH3 is 1. The number of carbonyl (C=O) groups is 2. The van der Waals surface area contributed by atoms with Crippen LogP contribution in [-0.2, 0) is 9.59 Å². The van der Waals surface area contributed by atoms with Gasteiger partial charge in [-0.25, -0.2) is 4.79 Å². The lowest BCUT2D eigenvalue weighted by molar-refractivity contribution is -0.139. The third-order valence-electron chi connectivity index (χ3n) is 3.02. The van der Waals surface area contributed by atoms with Crippen LogP contribution in [0.4, 0.5) is 5.69 Å². The van der Waals surface area contributed by atoms with Crippen molar-refractivity contribution in [2.24, 2.45) is 0 Å². The molecule has 0 aliphatic heterocycles. The standard InChI is InChI=1S/C17H17NO7/c1-23-15-7-6-13(8-14(15)19)24-9-16(20)18-11-2-4-12(5-3-11)25-10-17(21)22/h2-8,19H,9-10H2,1H3,(H,18,20)(H,21,22). The number of hydrogen-bond donors (Lipinski definition) is 3. The lowest BCUT2D eigenvalue weighted by Gasteiger charge is -2.10. The van der Waals surface area contributed by atoms with E-state index in [9.17, 15) is 14.7 Å². The molecular formula is C17H17NO7. The Morgan fingerprint density at radius 2 is 1.64 bits per heavy atom. The minimum absolute atomic E-state index is 0.0858. The minimum atomic E-state index is -1.07. The predicted octanol–water partition coefficient (Wildman–Crippen LogP) is 1.88. The molecule has 1 amide bonds. The van der Waals surface area contributed by atoms with E-state index in [1.807, 2.05) is 0 Å². The number of phenols is 1. The molecule has 25 heavy (non-hydrogen) atoms. The van der Waals surface area contributed by atoms with Crippen LogP contribution in [0.5, 0.6) is 23.0 Å². The highest BCUT2D eigenvalue weighted by molar-refractivity contribution is 5.91. The molecule has 0 saturated carbocycles. The van der Waals surface area contributed by atoms with Gasteiger partial charge in [0.05, 0.1) is 7.11 Å². The number of anilines is 1. The molecule has 0 spiro atoms. The minimum Gasteiger partial charge on any atom is -0.504 e. The third-order valence-corrected chi connectivity index (χ3v) is 3.02. The molecule has 8 heteroatoms. The predicted molar refractivity (Wildman–Crippen MR) is 88.4 cm³/mol. The number of ether oxygens (including phenoxy) is 3. The van der Waals surface area contributed by atoms with Crippen molar-refractivity contribution >= 4 is 17.6 Å². The summed E-state index contributed by atoms with van der Waals surface area (Å²) in [5, 5.41) is 20.8. The van der Waals surface area contributed by atoms with Crippen molar-refractivity contribution in [2.45, 2.75) is 0 Å². The number of benzene rings is 2. The highest BCUT2D eigenvalue weighted by atomic mass is 16.5. The third kappa shape index (κ3) is 5.61. The van der Waals surface area contributed by atoms with Gasteiger partial charge >= 0.3 is 5.97 Å². The van der Waals surface area contributed by atoms with E-state index in [0.717, 1.165) is 0 Å². The van der Waals surface area contributed by atoms with Crippen molar-refractivity contribution in [1.29, 1.82) is 0 Å². The number of carboxylic acids is 1. The Hall–Kier alpha value is -3.42. The summed E-state index contributed by atoms with van der Waals surface area (Å²) < 4.78 is 15.2. The van der Waals surface area contributed by atoms with E-state index in [1.165, 1.54) is 19.2 Å². The van der Waals surface area contributed by atoms with E-state index in [2.05, 4.69) is 5.32 Å². The van der Waals surface area contributed by atoms with Crippen molar-refractivity contribution in [3.05, 3.63) is 42.5 Å². The first-order valence-corrected chi connectivity index (χ1v) is 7.22. The van der Waals surface area contributed by atoms with Gasteiger partial charge in [0.1, 0.15) is 11.5 Å². The Kier molecular flexibility index (Phi) is 6.05. The van der Waals surface area contributed by atoms with E-state index < -0.39 is 18.5 Å². The molecule has 2 aromatic carbocycles. The van der Waals surface area contributed by atoms with Crippen LogP contribution in [0.1, 0.15) is 0 Å². The maximum Gasteiger partial charge on any atom is 0.341 e. The molecule has 0 aliphatic rings. The summed E-state index contributed by atoms with van der Waals surface area (Å²) in [5.74, 6) is -0.538. The van der Waals surface area contributed by atoms with E-state index in [-0.39, 0.29) is 12.4 Å². The SMILES string of the molecule is COc1ccc(OCC(=O)Nc2ccc(OCC(=O)O)cc2)cc1O. The van der Waals surface area contributed by atoms with Crippen LogP contribution in [0.3, 0.4) is 0 Å². The van der Waals surface area contributed by atoms with Crippen LogP contribution in [0, 0.1) is 0 Å². The second kappa shape index (κ2) is 8.44. The summed E-state index contributed by atoms with van der Waals surface area (Å²) in [6.07, 6.45) is 0. The van der Waals surface area contributed by atoms with E-state index in [4.69, 9.17) is 19.3 Å². The van der Waals surface area contributed by atoms with Gasteiger partial charge in [-0.05, 0) is 36.4 Å². The number of amides is 1. The second-order valence-electron chi connectivity index (χ2n) is 4.88. The lowest BCUT2D eigenvalue weighted by atomic mass is 10.3. The number of phenolic OH excluding ortho intramolecular Hbond substituents is 1. The number of carbonyl (C=O) groups excluding carboxylic acids is 1. The molecule has 0 aromatic heterocycles. The van der Waals surface area contributed by atoms with Crippen LogP contribution in [0.2, 0.25) is 0 Å². The summed E-state index contributed by atoms with van der Waals surface area (Å²) in [6, 6.07) is 10.7. The fourth-order valence-electron chi connectivity index (χ4n) is 1.89. The van der Waals surface area contributed by atoms with Crippen LogP contribution in [0.15, 0.2) is 42.5 Å².